The van der Waals surface area contributed by atoms with Crippen molar-refractivity contribution in [3.8, 4) is 5.75 Å². The van der Waals surface area contributed by atoms with E-state index in [1.54, 1.807) is 11.5 Å². The molecule has 0 spiro atoms. The van der Waals surface area contributed by atoms with Gasteiger partial charge in [0.2, 0.25) is 5.72 Å². The van der Waals surface area contributed by atoms with Crippen LogP contribution in [-0.4, -0.2) is 23.4 Å². The zero-order chi connectivity index (χ0) is 22.6. The number of methoxy groups -OCH3 is 1. The third-order valence-electron chi connectivity index (χ3n) is 6.24. The number of para-hydroxylation sites is 1. The first-order valence-electron chi connectivity index (χ1n) is 10.6. The Bertz CT molecular complexity index is 1390. The van der Waals surface area contributed by atoms with Crippen LogP contribution in [0.2, 0.25) is 0 Å². The summed E-state index contributed by atoms with van der Waals surface area (Å²) < 4.78 is 13.5. The van der Waals surface area contributed by atoms with Crippen molar-refractivity contribution in [2.45, 2.75) is 38.5 Å². The number of ether oxygens (including phenoxy) is 2. The number of carbonyl (C=O) groups excluding carboxylic acids is 1. The Kier molecular flexibility index (Phi) is 4.82. The summed E-state index contributed by atoms with van der Waals surface area (Å²) >= 11 is 1.31. The summed E-state index contributed by atoms with van der Waals surface area (Å²) in [4.78, 5) is 31.7. The van der Waals surface area contributed by atoms with Crippen LogP contribution in [-0.2, 0) is 9.53 Å². The van der Waals surface area contributed by atoms with E-state index < -0.39 is 23.7 Å². The molecular weight excluding hydrogens is 424 g/mol. The number of hydrogen-bond donors (Lipinski definition) is 0. The molecule has 0 unspecified atom stereocenters. The van der Waals surface area contributed by atoms with E-state index in [1.807, 2.05) is 42.5 Å². The highest BCUT2D eigenvalue weighted by atomic mass is 32.1. The lowest BCUT2D eigenvalue weighted by Crippen LogP contribution is -2.58. The molecule has 3 aromatic rings. The molecule has 2 aromatic carbocycles. The molecule has 7 heteroatoms. The topological polar surface area (TPSA) is 69.9 Å². The average molecular weight is 449 g/mol. The van der Waals surface area contributed by atoms with Crippen molar-refractivity contribution in [2.24, 2.45) is 10.9 Å². The van der Waals surface area contributed by atoms with E-state index in [4.69, 9.17) is 14.5 Å². The second-order valence-electron chi connectivity index (χ2n) is 8.64. The van der Waals surface area contributed by atoms with Crippen LogP contribution in [0.4, 0.5) is 0 Å². The van der Waals surface area contributed by atoms with Crippen LogP contribution >= 0.6 is 11.3 Å². The molecule has 1 aromatic heterocycles. The fourth-order valence-corrected chi connectivity index (χ4v) is 5.66. The molecule has 2 aliphatic rings. The summed E-state index contributed by atoms with van der Waals surface area (Å²) in [7, 11) is 1.35. The van der Waals surface area contributed by atoms with Crippen LogP contribution < -0.4 is 19.6 Å². The zero-order valence-corrected chi connectivity index (χ0v) is 19.2. The SMILES string of the molecule is COC(=O)[C@@H]1[C@H]2c3ccccc3O[C@@]1(C)N=c1s/c(=C/c3ccc(C(C)C)cc3)c(=O)n12. The lowest BCUT2D eigenvalue weighted by Gasteiger charge is -2.44. The number of fused-ring (bicyclic) bond motifs is 6. The molecule has 3 atom stereocenters. The fraction of sp³-hybridized carbons (Fsp3) is 0.320. The largest absolute Gasteiger partial charge is 0.469 e. The first kappa shape index (κ1) is 20.7. The monoisotopic (exact) mass is 448 g/mol. The first-order valence-corrected chi connectivity index (χ1v) is 11.4. The molecule has 2 aliphatic heterocycles. The van der Waals surface area contributed by atoms with E-state index in [-0.39, 0.29) is 5.56 Å². The lowest BCUT2D eigenvalue weighted by molar-refractivity contribution is -0.158. The van der Waals surface area contributed by atoms with Crippen LogP contribution in [0.5, 0.6) is 5.75 Å². The van der Waals surface area contributed by atoms with Gasteiger partial charge >= 0.3 is 5.97 Å². The molecule has 0 radical (unpaired) electrons. The number of hydrogen-bond acceptors (Lipinski definition) is 6. The van der Waals surface area contributed by atoms with Crippen molar-refractivity contribution in [1.29, 1.82) is 0 Å². The lowest BCUT2D eigenvalue weighted by atomic mass is 9.81. The Hall–Kier alpha value is -3.19. The summed E-state index contributed by atoms with van der Waals surface area (Å²) in [6, 6.07) is 15.1. The Morgan fingerprint density at radius 2 is 1.94 bits per heavy atom. The molecule has 0 saturated carbocycles. The van der Waals surface area contributed by atoms with Gasteiger partial charge in [0, 0.05) is 5.56 Å². The Morgan fingerprint density at radius 1 is 1.22 bits per heavy atom. The van der Waals surface area contributed by atoms with Gasteiger partial charge in [-0.25, -0.2) is 4.99 Å². The van der Waals surface area contributed by atoms with Gasteiger partial charge in [0.05, 0.1) is 17.7 Å². The third kappa shape index (κ3) is 3.11. The molecule has 0 saturated heterocycles. The van der Waals surface area contributed by atoms with Gasteiger partial charge < -0.3 is 9.47 Å². The van der Waals surface area contributed by atoms with Gasteiger partial charge in [-0.05, 0) is 36.1 Å². The molecule has 6 nitrogen and oxygen atoms in total. The summed E-state index contributed by atoms with van der Waals surface area (Å²) in [6.45, 7) is 6.07. The van der Waals surface area contributed by atoms with Gasteiger partial charge in [0.25, 0.3) is 5.56 Å². The van der Waals surface area contributed by atoms with Crippen LogP contribution in [0.1, 0.15) is 49.4 Å². The van der Waals surface area contributed by atoms with Gasteiger partial charge in [0.15, 0.2) is 4.80 Å². The maximum Gasteiger partial charge on any atom is 0.317 e. The molecule has 0 N–H and O–H groups in total. The minimum atomic E-state index is -1.15. The van der Waals surface area contributed by atoms with E-state index >= 15 is 0 Å². The number of nitrogens with zero attached hydrogens (tertiary/aromatic N) is 2. The minimum absolute atomic E-state index is 0.167. The molecule has 0 fully saturated rings. The fourth-order valence-electron chi connectivity index (χ4n) is 4.56. The smallest absolute Gasteiger partial charge is 0.317 e. The van der Waals surface area contributed by atoms with Crippen molar-refractivity contribution in [2.75, 3.05) is 7.11 Å². The molecular formula is C25H24N2O4S. The number of aromatic nitrogens is 1. The molecule has 32 heavy (non-hydrogen) atoms. The quantitative estimate of drug-likeness (QED) is 0.578. The minimum Gasteiger partial charge on any atom is -0.469 e. The predicted octanol–water partition coefficient (Wildman–Crippen LogP) is 2.98. The first-order chi connectivity index (χ1) is 15.3. The van der Waals surface area contributed by atoms with Gasteiger partial charge in [-0.1, -0.05) is 67.6 Å². The number of esters is 1. The van der Waals surface area contributed by atoms with Gasteiger partial charge in [-0.15, -0.1) is 0 Å². The molecule has 5 rings (SSSR count). The highest BCUT2D eigenvalue weighted by Crippen LogP contribution is 2.47. The van der Waals surface area contributed by atoms with Crippen molar-refractivity contribution in [3.63, 3.8) is 0 Å². The average Bonchev–Trinajstić information content (AvgIpc) is 3.06. The molecule has 2 bridgehead atoms. The van der Waals surface area contributed by atoms with E-state index in [0.29, 0.717) is 21.0 Å². The van der Waals surface area contributed by atoms with Crippen molar-refractivity contribution < 1.29 is 14.3 Å². The predicted molar refractivity (Wildman–Crippen MR) is 123 cm³/mol. The summed E-state index contributed by atoms with van der Waals surface area (Å²) in [5, 5.41) is 0. The summed E-state index contributed by atoms with van der Waals surface area (Å²) in [5.41, 5.74) is 1.65. The van der Waals surface area contributed by atoms with E-state index in [0.717, 1.165) is 11.1 Å². The normalized spacial score (nSPS) is 23.7. The van der Waals surface area contributed by atoms with Crippen LogP contribution in [0.3, 0.4) is 0 Å². The van der Waals surface area contributed by atoms with Crippen LogP contribution in [0, 0.1) is 5.92 Å². The number of thiazole rings is 1. The van der Waals surface area contributed by atoms with E-state index in [1.165, 1.54) is 24.0 Å². The van der Waals surface area contributed by atoms with Crippen LogP contribution in [0.25, 0.3) is 6.08 Å². The maximum absolute atomic E-state index is 13.6. The zero-order valence-electron chi connectivity index (χ0n) is 18.4. The number of carbonyl (C=O) groups is 1. The molecule has 0 amide bonds. The van der Waals surface area contributed by atoms with Crippen molar-refractivity contribution >= 4 is 23.4 Å². The number of benzene rings is 2. The molecule has 3 heterocycles. The highest BCUT2D eigenvalue weighted by molar-refractivity contribution is 7.07. The maximum atomic E-state index is 13.6. The van der Waals surface area contributed by atoms with Gasteiger partial charge in [-0.2, -0.15) is 0 Å². The Balaban J connectivity index is 1.72. The Labute approximate surface area is 189 Å². The highest BCUT2D eigenvalue weighted by Gasteiger charge is 2.55. The van der Waals surface area contributed by atoms with Gasteiger partial charge in [0.1, 0.15) is 11.7 Å². The van der Waals surface area contributed by atoms with Crippen molar-refractivity contribution in [3.05, 3.63) is 84.9 Å². The third-order valence-corrected chi connectivity index (χ3v) is 7.22. The van der Waals surface area contributed by atoms with E-state index in [2.05, 4.69) is 26.0 Å². The second-order valence-corrected chi connectivity index (χ2v) is 9.65. The molecule has 164 valence electrons. The Morgan fingerprint density at radius 3 is 2.62 bits per heavy atom. The van der Waals surface area contributed by atoms with Crippen molar-refractivity contribution in [1.82, 2.24) is 4.57 Å². The number of rotatable bonds is 3. The second kappa shape index (κ2) is 7.45. The van der Waals surface area contributed by atoms with Gasteiger partial charge in [-0.3, -0.25) is 14.2 Å². The van der Waals surface area contributed by atoms with Crippen LogP contribution in [0.15, 0.2) is 58.3 Å². The van der Waals surface area contributed by atoms with E-state index in [9.17, 15) is 9.59 Å². The molecule has 0 aliphatic carbocycles. The standard InChI is InChI=1S/C25H24N2O4S/c1-14(2)16-11-9-15(10-12-16)13-19-22(28)27-21-17-7-5-6-8-18(17)31-25(3,26-24(27)32-19)20(21)23(29)30-4/h5-14,20-21H,1-4H3/b19-13+/t20-,21+,25+/m0/s1. The summed E-state index contributed by atoms with van der Waals surface area (Å²) in [6.07, 6.45) is 1.88. The summed E-state index contributed by atoms with van der Waals surface area (Å²) in [5.74, 6) is -0.143.